The number of aromatic hydroxyl groups is 1. The van der Waals surface area contributed by atoms with Crippen LogP contribution < -0.4 is 0 Å². The summed E-state index contributed by atoms with van der Waals surface area (Å²) in [6, 6.07) is 2.92. The maximum atomic E-state index is 13.8. The number of aliphatic carboxylic acids is 1. The van der Waals surface area contributed by atoms with Crippen molar-refractivity contribution in [2.75, 3.05) is 0 Å². The van der Waals surface area contributed by atoms with Crippen molar-refractivity contribution in [1.29, 1.82) is 0 Å². The van der Waals surface area contributed by atoms with Crippen molar-refractivity contribution in [2.45, 2.75) is 64.5 Å². The van der Waals surface area contributed by atoms with Crippen LogP contribution in [0.4, 0.5) is 13.2 Å². The SMILES string of the molecule is CC(C=CC=C(c1cc2c(cc1O)C(C)(C)CCC2(C)C)C(F)(F)F)=CC(=O)O. The summed E-state index contributed by atoms with van der Waals surface area (Å²) in [5, 5.41) is 19.2. The highest BCUT2D eigenvalue weighted by molar-refractivity contribution is 5.81. The van der Waals surface area contributed by atoms with Crippen molar-refractivity contribution in [2.24, 2.45) is 0 Å². The molecule has 0 atom stereocenters. The Morgan fingerprint density at radius 2 is 1.59 bits per heavy atom. The van der Waals surface area contributed by atoms with Gasteiger partial charge in [0.2, 0.25) is 0 Å². The Balaban J connectivity index is 2.63. The van der Waals surface area contributed by atoms with Gasteiger partial charge in [-0.15, -0.1) is 0 Å². The van der Waals surface area contributed by atoms with E-state index in [9.17, 15) is 23.1 Å². The largest absolute Gasteiger partial charge is 0.507 e. The van der Waals surface area contributed by atoms with E-state index in [1.165, 1.54) is 25.1 Å². The first-order chi connectivity index (χ1) is 13.1. The van der Waals surface area contributed by atoms with Gasteiger partial charge in [0.1, 0.15) is 5.75 Å². The molecule has 0 bridgehead atoms. The van der Waals surface area contributed by atoms with Gasteiger partial charge in [-0.3, -0.25) is 0 Å². The smallest absolute Gasteiger partial charge is 0.417 e. The highest BCUT2D eigenvalue weighted by Gasteiger charge is 2.41. The second kappa shape index (κ2) is 7.73. The average molecular weight is 408 g/mol. The Bertz CT molecular complexity index is 901. The van der Waals surface area contributed by atoms with Crippen LogP contribution in [0.5, 0.6) is 5.75 Å². The lowest BCUT2D eigenvalue weighted by Crippen LogP contribution is -2.34. The van der Waals surface area contributed by atoms with Crippen LogP contribution in [0.2, 0.25) is 0 Å². The van der Waals surface area contributed by atoms with Crippen LogP contribution in [0.1, 0.15) is 64.2 Å². The highest BCUT2D eigenvalue weighted by atomic mass is 19.4. The van der Waals surface area contributed by atoms with Crippen molar-refractivity contribution >= 4 is 11.5 Å². The number of halogens is 3. The second-order valence-corrected chi connectivity index (χ2v) is 8.85. The van der Waals surface area contributed by atoms with Crippen molar-refractivity contribution in [3.8, 4) is 5.75 Å². The van der Waals surface area contributed by atoms with E-state index in [1.54, 1.807) is 0 Å². The van der Waals surface area contributed by atoms with Gasteiger partial charge in [0.05, 0.1) is 5.57 Å². The van der Waals surface area contributed by atoms with Crippen LogP contribution in [-0.2, 0) is 15.6 Å². The summed E-state index contributed by atoms with van der Waals surface area (Å²) in [7, 11) is 0. The van der Waals surface area contributed by atoms with Crippen LogP contribution in [0, 0.1) is 0 Å². The number of fused-ring (bicyclic) bond motifs is 1. The lowest BCUT2D eigenvalue weighted by Gasteiger charge is -2.42. The lowest BCUT2D eigenvalue weighted by atomic mass is 9.62. The van der Waals surface area contributed by atoms with Crippen LogP contribution >= 0.6 is 0 Å². The molecule has 158 valence electrons. The number of benzene rings is 1. The third kappa shape index (κ3) is 5.11. The lowest BCUT2D eigenvalue weighted by molar-refractivity contribution is -0.131. The summed E-state index contributed by atoms with van der Waals surface area (Å²) in [4.78, 5) is 10.6. The molecule has 0 radical (unpaired) electrons. The van der Waals surface area contributed by atoms with Crippen molar-refractivity contribution < 1.29 is 28.2 Å². The summed E-state index contributed by atoms with van der Waals surface area (Å²) in [5.41, 5.74) is 0.188. The molecule has 0 fully saturated rings. The third-order valence-electron chi connectivity index (χ3n) is 5.54. The first-order valence-electron chi connectivity index (χ1n) is 9.40. The molecule has 0 spiro atoms. The average Bonchev–Trinajstić information content (AvgIpc) is 2.54. The number of carbonyl (C=O) groups is 1. The van der Waals surface area contributed by atoms with Crippen molar-refractivity contribution in [3.05, 3.63) is 58.7 Å². The standard InChI is InChI=1S/C23H27F3O3/c1-14(11-20(28)29)7-6-8-16(23(24,25)26)15-12-17-18(13-19(15)27)22(4,5)10-9-21(17,2)3/h6-8,11-13,27H,9-10H2,1-5H3,(H,28,29). The molecule has 2 N–H and O–H groups in total. The maximum Gasteiger partial charge on any atom is 0.417 e. The van der Waals surface area contributed by atoms with E-state index in [0.717, 1.165) is 42.2 Å². The predicted molar refractivity (Wildman–Crippen MR) is 108 cm³/mol. The van der Waals surface area contributed by atoms with E-state index in [1.807, 2.05) is 27.7 Å². The molecular formula is C23H27F3O3. The summed E-state index contributed by atoms with van der Waals surface area (Å²) in [6.07, 6.45) is 1.22. The minimum absolute atomic E-state index is 0.235. The zero-order valence-electron chi connectivity index (χ0n) is 17.3. The molecule has 0 heterocycles. The number of phenols is 1. The molecule has 0 aliphatic heterocycles. The Labute approximate surface area is 169 Å². The van der Waals surface area contributed by atoms with Gasteiger partial charge in [-0.1, -0.05) is 39.8 Å². The summed E-state index contributed by atoms with van der Waals surface area (Å²) in [5.74, 6) is -1.59. The van der Waals surface area contributed by atoms with Gasteiger partial charge in [-0.05, 0) is 65.5 Å². The fraction of sp³-hybridized carbons (Fsp3) is 0.435. The molecule has 0 saturated heterocycles. The van der Waals surface area contributed by atoms with E-state index in [2.05, 4.69) is 0 Å². The second-order valence-electron chi connectivity index (χ2n) is 8.85. The van der Waals surface area contributed by atoms with Crippen LogP contribution in [0.25, 0.3) is 5.57 Å². The van der Waals surface area contributed by atoms with E-state index in [-0.39, 0.29) is 16.4 Å². The quantitative estimate of drug-likeness (QED) is 0.456. The number of allylic oxidation sites excluding steroid dienone is 5. The zero-order chi connectivity index (χ0) is 22.2. The zero-order valence-corrected chi connectivity index (χ0v) is 17.3. The molecule has 6 heteroatoms. The summed E-state index contributed by atoms with van der Waals surface area (Å²) >= 11 is 0. The van der Waals surface area contributed by atoms with Gasteiger partial charge in [0.25, 0.3) is 0 Å². The van der Waals surface area contributed by atoms with Crippen LogP contribution in [-0.4, -0.2) is 22.4 Å². The number of hydrogen-bond acceptors (Lipinski definition) is 2. The summed E-state index contributed by atoms with van der Waals surface area (Å²) < 4.78 is 41.3. The molecule has 1 aromatic rings. The Morgan fingerprint density at radius 3 is 2.07 bits per heavy atom. The van der Waals surface area contributed by atoms with Gasteiger partial charge in [0, 0.05) is 11.6 Å². The number of carboxylic acid groups (broad SMARTS) is 1. The first kappa shape index (κ1) is 22.8. The monoisotopic (exact) mass is 408 g/mol. The number of carboxylic acids is 1. The van der Waals surface area contributed by atoms with Crippen LogP contribution in [0.3, 0.4) is 0 Å². The predicted octanol–water partition coefficient (Wildman–Crippen LogP) is 6.27. The Kier molecular flexibility index (Phi) is 6.07. The minimum Gasteiger partial charge on any atom is -0.507 e. The Morgan fingerprint density at radius 1 is 1.07 bits per heavy atom. The molecule has 3 nitrogen and oxygen atoms in total. The van der Waals surface area contributed by atoms with Crippen molar-refractivity contribution in [3.63, 3.8) is 0 Å². The van der Waals surface area contributed by atoms with E-state index >= 15 is 0 Å². The fourth-order valence-electron chi connectivity index (χ4n) is 3.69. The minimum atomic E-state index is -4.69. The van der Waals surface area contributed by atoms with Gasteiger partial charge >= 0.3 is 12.1 Å². The van der Waals surface area contributed by atoms with E-state index in [4.69, 9.17) is 5.11 Å². The molecule has 0 saturated carbocycles. The number of rotatable bonds is 4. The Hall–Kier alpha value is -2.50. The van der Waals surface area contributed by atoms with Gasteiger partial charge < -0.3 is 10.2 Å². The number of alkyl halides is 3. The molecule has 2 rings (SSSR count). The van der Waals surface area contributed by atoms with Gasteiger partial charge in [-0.2, -0.15) is 13.2 Å². The number of hydrogen-bond donors (Lipinski definition) is 2. The molecule has 1 aliphatic carbocycles. The topological polar surface area (TPSA) is 57.5 Å². The number of phenolic OH excluding ortho intramolecular Hbond substituents is 1. The van der Waals surface area contributed by atoms with E-state index in [0.29, 0.717) is 5.57 Å². The van der Waals surface area contributed by atoms with Crippen LogP contribution in [0.15, 0.2) is 42.0 Å². The maximum absolute atomic E-state index is 13.8. The third-order valence-corrected chi connectivity index (χ3v) is 5.54. The molecular weight excluding hydrogens is 381 g/mol. The molecule has 1 aromatic carbocycles. The molecule has 0 aromatic heterocycles. The van der Waals surface area contributed by atoms with E-state index < -0.39 is 23.5 Å². The van der Waals surface area contributed by atoms with Crippen molar-refractivity contribution in [1.82, 2.24) is 0 Å². The molecule has 0 unspecified atom stereocenters. The first-order valence-corrected chi connectivity index (χ1v) is 9.40. The normalized spacial score (nSPS) is 19.3. The van der Waals surface area contributed by atoms with Gasteiger partial charge in [-0.25, -0.2) is 4.79 Å². The molecule has 29 heavy (non-hydrogen) atoms. The highest BCUT2D eigenvalue weighted by Crippen LogP contribution is 2.49. The van der Waals surface area contributed by atoms with Gasteiger partial charge in [0.15, 0.2) is 0 Å². The molecule has 0 amide bonds. The summed E-state index contributed by atoms with van der Waals surface area (Å²) in [6.45, 7) is 9.53. The fourth-order valence-corrected chi connectivity index (χ4v) is 3.69. The molecule has 1 aliphatic rings.